The number of para-hydroxylation sites is 2. The van der Waals surface area contributed by atoms with E-state index < -0.39 is 4.92 Å². The van der Waals surface area contributed by atoms with Crippen LogP contribution >= 0.6 is 11.8 Å². The van der Waals surface area contributed by atoms with Crippen LogP contribution in [0.1, 0.15) is 5.82 Å². The first-order chi connectivity index (χ1) is 12.1. The zero-order chi connectivity index (χ0) is 17.8. The molecule has 1 aromatic heterocycles. The second-order valence-corrected chi connectivity index (χ2v) is 6.26. The Morgan fingerprint density at radius 3 is 2.84 bits per heavy atom. The average Bonchev–Trinajstić information content (AvgIpc) is 2.93. The molecule has 0 spiro atoms. The van der Waals surface area contributed by atoms with Gasteiger partial charge in [0, 0.05) is 17.8 Å². The van der Waals surface area contributed by atoms with Gasteiger partial charge in [-0.1, -0.05) is 18.2 Å². The van der Waals surface area contributed by atoms with Gasteiger partial charge in [0.15, 0.2) is 0 Å². The molecule has 0 aliphatic heterocycles. The quantitative estimate of drug-likeness (QED) is 0.540. The van der Waals surface area contributed by atoms with Crippen LogP contribution in [0.15, 0.2) is 48.5 Å². The summed E-state index contributed by atoms with van der Waals surface area (Å²) in [6.07, 6.45) is 1.98. The minimum Gasteiger partial charge on any atom is -0.324 e. The van der Waals surface area contributed by atoms with E-state index in [0.29, 0.717) is 11.4 Å². The minimum atomic E-state index is -0.490. The van der Waals surface area contributed by atoms with Crippen LogP contribution in [0.5, 0.6) is 0 Å². The second-order valence-electron chi connectivity index (χ2n) is 5.39. The highest BCUT2D eigenvalue weighted by Gasteiger charge is 2.14. The van der Waals surface area contributed by atoms with E-state index in [-0.39, 0.29) is 18.1 Å². The van der Waals surface area contributed by atoms with Crippen molar-refractivity contribution in [2.45, 2.75) is 12.3 Å². The number of fused-ring (bicyclic) bond motifs is 1. The highest BCUT2D eigenvalue weighted by Crippen LogP contribution is 2.20. The number of benzene rings is 2. The number of carbonyl (C=O) groups is 1. The van der Waals surface area contributed by atoms with Gasteiger partial charge in [0.2, 0.25) is 5.91 Å². The summed E-state index contributed by atoms with van der Waals surface area (Å²) in [7, 11) is 0. The van der Waals surface area contributed by atoms with Crippen LogP contribution in [-0.4, -0.2) is 26.6 Å². The summed E-state index contributed by atoms with van der Waals surface area (Å²) in [5, 5.41) is 13.5. The Labute approximate surface area is 148 Å². The van der Waals surface area contributed by atoms with Crippen molar-refractivity contribution in [1.29, 1.82) is 0 Å². The number of amides is 1. The first kappa shape index (κ1) is 17.0. The molecule has 1 heterocycles. The topological polar surface area (TPSA) is 90.1 Å². The van der Waals surface area contributed by atoms with E-state index >= 15 is 0 Å². The largest absolute Gasteiger partial charge is 0.324 e. The summed E-state index contributed by atoms with van der Waals surface area (Å²) >= 11 is 1.63. The Morgan fingerprint density at radius 2 is 2.08 bits per heavy atom. The molecule has 0 aliphatic rings. The number of rotatable bonds is 6. The van der Waals surface area contributed by atoms with Gasteiger partial charge in [-0.2, -0.15) is 11.8 Å². The SMILES string of the molecule is CSCc1nc2ccccc2n1CC(=O)Nc1cccc([N+](=O)[O-])c1. The van der Waals surface area contributed by atoms with Crippen molar-refractivity contribution in [3.8, 4) is 0 Å². The molecule has 2 aromatic carbocycles. The maximum absolute atomic E-state index is 12.4. The molecular weight excluding hydrogens is 340 g/mol. The van der Waals surface area contributed by atoms with Crippen molar-refractivity contribution in [1.82, 2.24) is 9.55 Å². The third kappa shape index (κ3) is 3.80. The van der Waals surface area contributed by atoms with Crippen LogP contribution in [0.3, 0.4) is 0 Å². The molecule has 128 valence electrons. The molecule has 3 aromatic rings. The number of aromatic nitrogens is 2. The molecule has 1 N–H and O–H groups in total. The molecule has 0 saturated carbocycles. The van der Waals surface area contributed by atoms with E-state index in [1.807, 2.05) is 35.1 Å². The molecule has 0 bridgehead atoms. The van der Waals surface area contributed by atoms with Gasteiger partial charge in [-0.15, -0.1) is 0 Å². The van der Waals surface area contributed by atoms with E-state index in [2.05, 4.69) is 10.3 Å². The number of carbonyl (C=O) groups excluding carboxylic acids is 1. The molecule has 25 heavy (non-hydrogen) atoms. The number of anilines is 1. The van der Waals surface area contributed by atoms with Crippen molar-refractivity contribution < 1.29 is 9.72 Å². The highest BCUT2D eigenvalue weighted by atomic mass is 32.2. The maximum Gasteiger partial charge on any atom is 0.271 e. The lowest BCUT2D eigenvalue weighted by atomic mass is 10.3. The number of nitrogens with zero attached hydrogens (tertiary/aromatic N) is 3. The monoisotopic (exact) mass is 356 g/mol. The third-order valence-electron chi connectivity index (χ3n) is 3.65. The van der Waals surface area contributed by atoms with Gasteiger partial charge in [-0.25, -0.2) is 4.98 Å². The van der Waals surface area contributed by atoms with Crippen LogP contribution in [-0.2, 0) is 17.1 Å². The van der Waals surface area contributed by atoms with E-state index in [1.54, 1.807) is 23.9 Å². The van der Waals surface area contributed by atoms with Crippen LogP contribution < -0.4 is 5.32 Å². The van der Waals surface area contributed by atoms with Crippen LogP contribution in [0.4, 0.5) is 11.4 Å². The lowest BCUT2D eigenvalue weighted by molar-refractivity contribution is -0.384. The van der Waals surface area contributed by atoms with E-state index in [4.69, 9.17) is 0 Å². The van der Waals surface area contributed by atoms with Crippen molar-refractivity contribution in [2.24, 2.45) is 0 Å². The average molecular weight is 356 g/mol. The predicted octanol–water partition coefficient (Wildman–Crippen LogP) is 3.45. The lowest BCUT2D eigenvalue weighted by Crippen LogP contribution is -2.20. The Kier molecular flexibility index (Phi) is 4.99. The normalized spacial score (nSPS) is 10.8. The highest BCUT2D eigenvalue weighted by molar-refractivity contribution is 7.97. The molecule has 8 heteroatoms. The van der Waals surface area contributed by atoms with Crippen LogP contribution in [0, 0.1) is 10.1 Å². The number of hydrogen-bond acceptors (Lipinski definition) is 5. The molecule has 3 rings (SSSR count). The summed E-state index contributed by atoms with van der Waals surface area (Å²) < 4.78 is 1.87. The van der Waals surface area contributed by atoms with Gasteiger partial charge in [0.1, 0.15) is 12.4 Å². The fourth-order valence-corrected chi connectivity index (χ4v) is 3.06. The molecular formula is C17H16N4O3S. The smallest absolute Gasteiger partial charge is 0.271 e. The molecule has 0 aliphatic carbocycles. The Balaban J connectivity index is 1.83. The number of nitrogens with one attached hydrogen (secondary N) is 1. The Morgan fingerprint density at radius 1 is 1.28 bits per heavy atom. The number of hydrogen-bond donors (Lipinski definition) is 1. The number of nitro groups is 1. The van der Waals surface area contributed by atoms with Crippen molar-refractivity contribution in [2.75, 3.05) is 11.6 Å². The third-order valence-corrected chi connectivity index (χ3v) is 4.20. The van der Waals surface area contributed by atoms with E-state index in [9.17, 15) is 14.9 Å². The first-order valence-corrected chi connectivity index (χ1v) is 8.95. The fraction of sp³-hybridized carbons (Fsp3) is 0.176. The maximum atomic E-state index is 12.4. The number of thioether (sulfide) groups is 1. The first-order valence-electron chi connectivity index (χ1n) is 7.56. The van der Waals surface area contributed by atoms with Crippen LogP contribution in [0.2, 0.25) is 0 Å². The number of non-ortho nitro benzene ring substituents is 1. The Bertz CT molecular complexity index is 939. The zero-order valence-electron chi connectivity index (χ0n) is 13.5. The minimum absolute atomic E-state index is 0.0612. The molecule has 1 amide bonds. The van der Waals surface area contributed by atoms with Gasteiger partial charge in [-0.3, -0.25) is 14.9 Å². The summed E-state index contributed by atoms with van der Waals surface area (Å²) in [5.41, 5.74) is 2.07. The summed E-state index contributed by atoms with van der Waals surface area (Å²) in [5.74, 6) is 1.26. The van der Waals surface area contributed by atoms with E-state index in [1.165, 1.54) is 12.1 Å². The molecule has 0 atom stereocenters. The summed E-state index contributed by atoms with van der Waals surface area (Å²) in [4.78, 5) is 27.3. The van der Waals surface area contributed by atoms with E-state index in [0.717, 1.165) is 16.9 Å². The zero-order valence-corrected chi connectivity index (χ0v) is 14.3. The molecule has 0 radical (unpaired) electrons. The van der Waals surface area contributed by atoms with Gasteiger partial charge >= 0.3 is 0 Å². The van der Waals surface area contributed by atoms with Gasteiger partial charge in [-0.05, 0) is 24.5 Å². The van der Waals surface area contributed by atoms with Crippen molar-refractivity contribution in [3.05, 3.63) is 64.5 Å². The summed E-state index contributed by atoms with van der Waals surface area (Å²) in [6, 6.07) is 13.5. The summed E-state index contributed by atoms with van der Waals surface area (Å²) in [6.45, 7) is 0.0963. The van der Waals surface area contributed by atoms with Crippen LogP contribution in [0.25, 0.3) is 11.0 Å². The fourth-order valence-electron chi connectivity index (χ4n) is 2.58. The lowest BCUT2D eigenvalue weighted by Gasteiger charge is -2.09. The van der Waals surface area contributed by atoms with Gasteiger partial charge in [0.05, 0.1) is 21.7 Å². The number of nitro benzene ring substituents is 1. The second kappa shape index (κ2) is 7.35. The molecule has 0 saturated heterocycles. The van der Waals surface area contributed by atoms with Crippen molar-refractivity contribution in [3.63, 3.8) is 0 Å². The Hall–Kier alpha value is -2.87. The predicted molar refractivity (Wildman–Crippen MR) is 98.7 cm³/mol. The molecule has 7 nitrogen and oxygen atoms in total. The number of imidazole rings is 1. The molecule has 0 unspecified atom stereocenters. The molecule has 0 fully saturated rings. The van der Waals surface area contributed by atoms with Crippen molar-refractivity contribution >= 4 is 40.1 Å². The standard InChI is InChI=1S/C17H16N4O3S/c1-25-11-16-19-14-7-2-3-8-15(14)20(16)10-17(22)18-12-5-4-6-13(9-12)21(23)24/h2-9H,10-11H2,1H3,(H,18,22). The van der Waals surface area contributed by atoms with Gasteiger partial charge < -0.3 is 9.88 Å². The van der Waals surface area contributed by atoms with Gasteiger partial charge in [0.25, 0.3) is 5.69 Å².